The van der Waals surface area contributed by atoms with Crippen LogP contribution >= 0.6 is 0 Å². The Bertz CT molecular complexity index is 607. The molecule has 0 aromatic heterocycles. The zero-order valence-corrected chi connectivity index (χ0v) is 10.8. The molecule has 2 N–H and O–H groups in total. The molecule has 1 heterocycles. The van der Waals surface area contributed by atoms with Crippen LogP contribution in [0.1, 0.15) is 10.4 Å². The lowest BCUT2D eigenvalue weighted by Crippen LogP contribution is -2.54. The predicted octanol–water partition coefficient (Wildman–Crippen LogP) is 0.0602. The van der Waals surface area contributed by atoms with E-state index in [1.807, 2.05) is 0 Å². The zero-order valence-electron chi connectivity index (χ0n) is 10.8. The van der Waals surface area contributed by atoms with Gasteiger partial charge in [0, 0.05) is 18.2 Å². The number of nitro groups is 1. The predicted molar refractivity (Wildman–Crippen MR) is 67.9 cm³/mol. The fraction of sp³-hybridized carbons (Fsp3) is 0.333. The summed E-state index contributed by atoms with van der Waals surface area (Å²) in [6.45, 7) is 0.326. The van der Waals surface area contributed by atoms with Gasteiger partial charge in [0.2, 0.25) is 11.7 Å². The number of primary amides is 1. The number of hydrogen-bond acceptors (Lipinski definition) is 5. The second-order valence-corrected chi connectivity index (χ2v) is 4.41. The van der Waals surface area contributed by atoms with Crippen molar-refractivity contribution < 1.29 is 23.6 Å². The third-order valence-corrected chi connectivity index (χ3v) is 3.11. The molecule has 112 valence electrons. The first-order valence-electron chi connectivity index (χ1n) is 6.04. The molecule has 1 atom stereocenters. The second kappa shape index (κ2) is 5.83. The fourth-order valence-electron chi connectivity index (χ4n) is 2.04. The monoisotopic (exact) mass is 297 g/mol. The van der Waals surface area contributed by atoms with Crippen molar-refractivity contribution in [2.75, 3.05) is 19.8 Å². The maximum atomic E-state index is 13.6. The van der Waals surface area contributed by atoms with Gasteiger partial charge in [0.1, 0.15) is 6.04 Å². The van der Waals surface area contributed by atoms with Gasteiger partial charge in [-0.05, 0) is 12.1 Å². The Morgan fingerprint density at radius 2 is 2.19 bits per heavy atom. The van der Waals surface area contributed by atoms with Crippen LogP contribution in [0.15, 0.2) is 18.2 Å². The average molecular weight is 297 g/mol. The molecule has 1 aromatic rings. The molecule has 9 heteroatoms. The smallest absolute Gasteiger partial charge is 0.304 e. The molecule has 1 aliphatic heterocycles. The molecule has 0 aliphatic carbocycles. The van der Waals surface area contributed by atoms with Crippen LogP contribution in [0.4, 0.5) is 10.1 Å². The normalized spacial score (nSPS) is 18.3. The molecule has 0 bridgehead atoms. The summed E-state index contributed by atoms with van der Waals surface area (Å²) in [7, 11) is 0. The molecular formula is C12H12FN3O5. The van der Waals surface area contributed by atoms with Crippen molar-refractivity contribution in [3.8, 4) is 0 Å². The number of nitrogens with zero attached hydrogens (tertiary/aromatic N) is 2. The lowest BCUT2D eigenvalue weighted by atomic mass is 10.1. The van der Waals surface area contributed by atoms with Crippen LogP contribution in [0, 0.1) is 15.9 Å². The summed E-state index contributed by atoms with van der Waals surface area (Å²) in [5.41, 5.74) is 4.38. The van der Waals surface area contributed by atoms with E-state index in [4.69, 9.17) is 10.5 Å². The van der Waals surface area contributed by atoms with Crippen LogP contribution in [-0.2, 0) is 9.53 Å². The first-order valence-corrected chi connectivity index (χ1v) is 6.04. The van der Waals surface area contributed by atoms with Gasteiger partial charge >= 0.3 is 5.69 Å². The van der Waals surface area contributed by atoms with Crippen molar-refractivity contribution in [1.82, 2.24) is 4.90 Å². The van der Waals surface area contributed by atoms with E-state index in [2.05, 4.69) is 0 Å². The molecule has 21 heavy (non-hydrogen) atoms. The molecule has 1 unspecified atom stereocenters. The largest absolute Gasteiger partial charge is 0.377 e. The summed E-state index contributed by atoms with van der Waals surface area (Å²) in [6.07, 6.45) is 0. The molecular weight excluding hydrogens is 285 g/mol. The Balaban J connectivity index is 2.28. The minimum atomic E-state index is -1.12. The van der Waals surface area contributed by atoms with Crippen molar-refractivity contribution in [2.24, 2.45) is 5.73 Å². The summed E-state index contributed by atoms with van der Waals surface area (Å²) in [5.74, 6) is -2.48. The SMILES string of the molecule is NC(=O)C1COCCN1C(=O)c1ccc([N+](=O)[O-])c(F)c1. The van der Waals surface area contributed by atoms with E-state index in [1.54, 1.807) is 0 Å². The number of amides is 2. The highest BCUT2D eigenvalue weighted by atomic mass is 19.1. The van der Waals surface area contributed by atoms with E-state index in [-0.39, 0.29) is 25.3 Å². The lowest BCUT2D eigenvalue weighted by Gasteiger charge is -2.33. The third-order valence-electron chi connectivity index (χ3n) is 3.11. The molecule has 1 fully saturated rings. The fourth-order valence-corrected chi connectivity index (χ4v) is 2.04. The molecule has 2 rings (SSSR count). The van der Waals surface area contributed by atoms with Crippen LogP contribution in [0.5, 0.6) is 0 Å². The summed E-state index contributed by atoms with van der Waals surface area (Å²) < 4.78 is 18.6. The standard InChI is InChI=1S/C12H12FN3O5/c13-8-5-7(1-2-9(8)16(19)20)12(18)15-3-4-21-6-10(15)11(14)17/h1-2,5,10H,3-4,6H2,(H2,14,17). The van der Waals surface area contributed by atoms with Crippen molar-refractivity contribution >= 4 is 17.5 Å². The minimum absolute atomic E-state index is 0.0312. The third kappa shape index (κ3) is 2.97. The van der Waals surface area contributed by atoms with Gasteiger partial charge in [-0.3, -0.25) is 19.7 Å². The lowest BCUT2D eigenvalue weighted by molar-refractivity contribution is -0.387. The van der Waals surface area contributed by atoms with Crippen molar-refractivity contribution in [3.63, 3.8) is 0 Å². The van der Waals surface area contributed by atoms with Gasteiger partial charge in [-0.25, -0.2) is 0 Å². The van der Waals surface area contributed by atoms with Crippen molar-refractivity contribution in [2.45, 2.75) is 6.04 Å². The van der Waals surface area contributed by atoms with Gasteiger partial charge < -0.3 is 15.4 Å². The number of carbonyl (C=O) groups excluding carboxylic acids is 2. The number of halogens is 1. The van der Waals surface area contributed by atoms with E-state index in [9.17, 15) is 24.1 Å². The molecule has 8 nitrogen and oxygen atoms in total. The topological polar surface area (TPSA) is 116 Å². The summed E-state index contributed by atoms with van der Waals surface area (Å²) >= 11 is 0. The van der Waals surface area contributed by atoms with Crippen molar-refractivity contribution in [3.05, 3.63) is 39.7 Å². The Morgan fingerprint density at radius 3 is 2.76 bits per heavy atom. The van der Waals surface area contributed by atoms with Crippen LogP contribution in [0.2, 0.25) is 0 Å². The molecule has 1 saturated heterocycles. The first-order chi connectivity index (χ1) is 9.91. The summed E-state index contributed by atoms with van der Waals surface area (Å²) in [6, 6.07) is 1.87. The number of morpholine rings is 1. The number of hydrogen-bond donors (Lipinski definition) is 1. The quantitative estimate of drug-likeness (QED) is 0.625. The summed E-state index contributed by atoms with van der Waals surface area (Å²) in [4.78, 5) is 34.4. The molecule has 0 saturated carbocycles. The maximum Gasteiger partial charge on any atom is 0.304 e. The highest BCUT2D eigenvalue weighted by Crippen LogP contribution is 2.20. The number of rotatable bonds is 3. The van der Waals surface area contributed by atoms with Gasteiger partial charge in [0.15, 0.2) is 0 Å². The van der Waals surface area contributed by atoms with E-state index in [0.29, 0.717) is 0 Å². The van der Waals surface area contributed by atoms with Gasteiger partial charge in [-0.2, -0.15) is 4.39 Å². The molecule has 0 spiro atoms. The Morgan fingerprint density at radius 1 is 1.48 bits per heavy atom. The second-order valence-electron chi connectivity index (χ2n) is 4.41. The van der Waals surface area contributed by atoms with E-state index < -0.39 is 34.3 Å². The number of nitro benzene ring substituents is 1. The van der Waals surface area contributed by atoms with Crippen molar-refractivity contribution in [1.29, 1.82) is 0 Å². The Kier molecular flexibility index (Phi) is 4.13. The number of carbonyl (C=O) groups is 2. The molecule has 2 amide bonds. The number of nitrogens with two attached hydrogens (primary N) is 1. The first kappa shape index (κ1) is 14.9. The number of ether oxygens (including phenoxy) is 1. The van der Waals surface area contributed by atoms with E-state index >= 15 is 0 Å². The van der Waals surface area contributed by atoms with E-state index in [0.717, 1.165) is 18.2 Å². The molecule has 0 radical (unpaired) electrons. The van der Waals surface area contributed by atoms with Crippen LogP contribution < -0.4 is 5.73 Å². The van der Waals surface area contributed by atoms with Crippen LogP contribution in [0.3, 0.4) is 0 Å². The highest BCUT2D eigenvalue weighted by Gasteiger charge is 2.32. The van der Waals surface area contributed by atoms with Crippen LogP contribution in [0.25, 0.3) is 0 Å². The average Bonchev–Trinajstić information content (AvgIpc) is 2.45. The Hall–Kier alpha value is -2.55. The van der Waals surface area contributed by atoms with Gasteiger partial charge in [0.05, 0.1) is 18.1 Å². The summed E-state index contributed by atoms with van der Waals surface area (Å²) in [5, 5.41) is 10.5. The minimum Gasteiger partial charge on any atom is -0.377 e. The zero-order chi connectivity index (χ0) is 15.6. The van der Waals surface area contributed by atoms with E-state index in [1.165, 1.54) is 4.90 Å². The van der Waals surface area contributed by atoms with Gasteiger partial charge in [-0.15, -0.1) is 0 Å². The van der Waals surface area contributed by atoms with Gasteiger partial charge in [-0.1, -0.05) is 0 Å². The number of benzene rings is 1. The Labute approximate surface area is 118 Å². The highest BCUT2D eigenvalue weighted by molar-refractivity contribution is 5.97. The molecule has 1 aromatic carbocycles. The van der Waals surface area contributed by atoms with Gasteiger partial charge in [0.25, 0.3) is 5.91 Å². The maximum absolute atomic E-state index is 13.6. The molecule has 1 aliphatic rings. The van der Waals surface area contributed by atoms with Crippen LogP contribution in [-0.4, -0.2) is 47.4 Å².